The third kappa shape index (κ3) is 3.95. The molecule has 0 bridgehead atoms. The lowest BCUT2D eigenvalue weighted by Gasteiger charge is -2.24. The normalized spacial score (nSPS) is 12.8. The summed E-state index contributed by atoms with van der Waals surface area (Å²) in [4.78, 5) is 2.32. The maximum absolute atomic E-state index is 5.69. The Labute approximate surface area is 117 Å². The smallest absolute Gasteiger partial charge is 0.126 e. The molecule has 0 saturated carbocycles. The van der Waals surface area contributed by atoms with Crippen LogP contribution in [0.15, 0.2) is 6.07 Å². The lowest BCUT2D eigenvalue weighted by Crippen LogP contribution is -2.28. The molecule has 0 radical (unpaired) electrons. The van der Waals surface area contributed by atoms with Crippen LogP contribution in [0.2, 0.25) is 0 Å². The molecule has 0 spiro atoms. The van der Waals surface area contributed by atoms with E-state index in [2.05, 4.69) is 45.7 Å². The number of ether oxygens (including phenoxy) is 1. The zero-order valence-corrected chi connectivity index (χ0v) is 13.2. The van der Waals surface area contributed by atoms with Gasteiger partial charge in [0.15, 0.2) is 0 Å². The predicted octanol–water partition coefficient (Wildman–Crippen LogP) is 2.65. The van der Waals surface area contributed by atoms with Gasteiger partial charge in [-0.3, -0.25) is 0 Å². The van der Waals surface area contributed by atoms with Gasteiger partial charge in [0.05, 0.1) is 7.11 Å². The Bertz CT molecular complexity index is 429. The van der Waals surface area contributed by atoms with E-state index in [1.807, 2.05) is 0 Å². The zero-order valence-electron chi connectivity index (χ0n) is 13.2. The zero-order chi connectivity index (χ0) is 14.6. The molecule has 0 fully saturated rings. The molecule has 2 N–H and O–H groups in total. The van der Waals surface area contributed by atoms with E-state index in [9.17, 15) is 0 Å². The van der Waals surface area contributed by atoms with Crippen molar-refractivity contribution >= 4 is 0 Å². The van der Waals surface area contributed by atoms with Crippen LogP contribution in [-0.2, 0) is 6.54 Å². The minimum Gasteiger partial charge on any atom is -0.496 e. The van der Waals surface area contributed by atoms with Crippen molar-refractivity contribution in [1.29, 1.82) is 0 Å². The monoisotopic (exact) mass is 264 g/mol. The van der Waals surface area contributed by atoms with E-state index in [0.29, 0.717) is 5.92 Å². The van der Waals surface area contributed by atoms with Gasteiger partial charge < -0.3 is 15.4 Å². The van der Waals surface area contributed by atoms with Gasteiger partial charge in [-0.1, -0.05) is 13.0 Å². The Balaban J connectivity index is 2.97. The molecule has 0 aliphatic heterocycles. The van der Waals surface area contributed by atoms with Gasteiger partial charge in [0, 0.05) is 18.7 Å². The molecule has 0 aliphatic rings. The second kappa shape index (κ2) is 6.92. The highest BCUT2D eigenvalue weighted by atomic mass is 16.5. The number of aryl methyl sites for hydroxylation is 2. The molecule has 0 aliphatic carbocycles. The van der Waals surface area contributed by atoms with E-state index >= 15 is 0 Å². The first-order valence-corrected chi connectivity index (χ1v) is 6.93. The van der Waals surface area contributed by atoms with E-state index in [1.54, 1.807) is 7.11 Å². The number of benzene rings is 1. The molecule has 3 heteroatoms. The first kappa shape index (κ1) is 16.0. The molecule has 1 aromatic carbocycles. The van der Waals surface area contributed by atoms with E-state index in [0.717, 1.165) is 25.4 Å². The van der Waals surface area contributed by atoms with Crippen molar-refractivity contribution in [2.75, 3.05) is 27.2 Å². The maximum atomic E-state index is 5.69. The van der Waals surface area contributed by atoms with Gasteiger partial charge in [-0.05, 0) is 57.0 Å². The van der Waals surface area contributed by atoms with E-state index < -0.39 is 0 Å². The Morgan fingerprint density at radius 2 is 1.89 bits per heavy atom. The van der Waals surface area contributed by atoms with Crippen molar-refractivity contribution in [3.8, 4) is 5.75 Å². The van der Waals surface area contributed by atoms with Gasteiger partial charge in [0.1, 0.15) is 5.75 Å². The molecule has 108 valence electrons. The highest BCUT2D eigenvalue weighted by Gasteiger charge is 2.14. The van der Waals surface area contributed by atoms with Crippen molar-refractivity contribution < 1.29 is 4.74 Å². The number of hydrogen-bond acceptors (Lipinski definition) is 3. The number of hydrogen-bond donors (Lipinski definition) is 1. The van der Waals surface area contributed by atoms with Crippen molar-refractivity contribution in [3.63, 3.8) is 0 Å². The summed E-state index contributed by atoms with van der Waals surface area (Å²) < 4.78 is 5.62. The molecule has 0 amide bonds. The fourth-order valence-corrected chi connectivity index (χ4v) is 2.52. The van der Waals surface area contributed by atoms with Crippen LogP contribution >= 0.6 is 0 Å². The van der Waals surface area contributed by atoms with Crippen LogP contribution < -0.4 is 10.5 Å². The summed E-state index contributed by atoms with van der Waals surface area (Å²) in [5.41, 5.74) is 10.8. The van der Waals surface area contributed by atoms with Crippen molar-refractivity contribution in [1.82, 2.24) is 4.90 Å². The molecule has 19 heavy (non-hydrogen) atoms. The molecule has 1 unspecified atom stereocenters. The van der Waals surface area contributed by atoms with Gasteiger partial charge in [-0.25, -0.2) is 0 Å². The van der Waals surface area contributed by atoms with Gasteiger partial charge >= 0.3 is 0 Å². The highest BCUT2D eigenvalue weighted by molar-refractivity contribution is 5.49. The fourth-order valence-electron chi connectivity index (χ4n) is 2.52. The molecule has 0 heterocycles. The Hall–Kier alpha value is -1.06. The quantitative estimate of drug-likeness (QED) is 0.858. The summed E-state index contributed by atoms with van der Waals surface area (Å²) in [6.07, 6.45) is 0. The first-order chi connectivity index (χ1) is 8.90. The Kier molecular flexibility index (Phi) is 5.83. The van der Waals surface area contributed by atoms with Gasteiger partial charge in [-0.2, -0.15) is 0 Å². The predicted molar refractivity (Wildman–Crippen MR) is 81.8 cm³/mol. The molecule has 3 nitrogen and oxygen atoms in total. The molecule has 0 aromatic heterocycles. The molecule has 0 saturated heterocycles. The minimum atomic E-state index is 0.517. The third-order valence-electron chi connectivity index (χ3n) is 3.77. The minimum absolute atomic E-state index is 0.517. The average Bonchev–Trinajstić information content (AvgIpc) is 2.36. The maximum Gasteiger partial charge on any atom is 0.126 e. The van der Waals surface area contributed by atoms with Crippen LogP contribution in [0.5, 0.6) is 5.75 Å². The summed E-state index contributed by atoms with van der Waals surface area (Å²) in [6.45, 7) is 11.2. The molecule has 1 aromatic rings. The van der Waals surface area contributed by atoms with Crippen LogP contribution in [-0.4, -0.2) is 32.1 Å². The van der Waals surface area contributed by atoms with Crippen LogP contribution in [0.25, 0.3) is 0 Å². The van der Waals surface area contributed by atoms with Crippen molar-refractivity contribution in [2.24, 2.45) is 11.7 Å². The first-order valence-electron chi connectivity index (χ1n) is 6.93. The van der Waals surface area contributed by atoms with E-state index in [-0.39, 0.29) is 0 Å². The SMILES string of the molecule is COc1c(C)c(C)cc(C)c1CN(C)CC(C)CN. The fraction of sp³-hybridized carbons (Fsp3) is 0.625. The summed E-state index contributed by atoms with van der Waals surface area (Å²) in [7, 11) is 3.90. The van der Waals surface area contributed by atoms with Crippen molar-refractivity contribution in [3.05, 3.63) is 28.3 Å². The van der Waals surface area contributed by atoms with Crippen LogP contribution in [0.1, 0.15) is 29.2 Å². The summed E-state index contributed by atoms with van der Waals surface area (Å²) in [5.74, 6) is 1.55. The second-order valence-corrected chi connectivity index (χ2v) is 5.68. The van der Waals surface area contributed by atoms with Crippen LogP contribution in [0.4, 0.5) is 0 Å². The summed E-state index contributed by atoms with van der Waals surface area (Å²) in [6, 6.07) is 2.24. The highest BCUT2D eigenvalue weighted by Crippen LogP contribution is 2.30. The molecule has 1 atom stereocenters. The average molecular weight is 264 g/mol. The number of rotatable bonds is 6. The number of nitrogens with zero attached hydrogens (tertiary/aromatic N) is 1. The number of methoxy groups -OCH3 is 1. The standard InChI is InChI=1S/C16H28N2O/c1-11(8-17)9-18(5)10-15-13(3)7-12(2)14(4)16(15)19-6/h7,11H,8-10,17H2,1-6H3. The van der Waals surface area contributed by atoms with Gasteiger partial charge in [0.25, 0.3) is 0 Å². The Morgan fingerprint density at radius 3 is 2.42 bits per heavy atom. The van der Waals surface area contributed by atoms with Crippen LogP contribution in [0, 0.1) is 26.7 Å². The lowest BCUT2D eigenvalue weighted by atomic mass is 9.98. The second-order valence-electron chi connectivity index (χ2n) is 5.68. The van der Waals surface area contributed by atoms with Crippen LogP contribution in [0.3, 0.4) is 0 Å². The third-order valence-corrected chi connectivity index (χ3v) is 3.77. The topological polar surface area (TPSA) is 38.5 Å². The van der Waals surface area contributed by atoms with Crippen molar-refractivity contribution in [2.45, 2.75) is 34.2 Å². The van der Waals surface area contributed by atoms with Gasteiger partial charge in [0.2, 0.25) is 0 Å². The lowest BCUT2D eigenvalue weighted by molar-refractivity contribution is 0.276. The summed E-state index contributed by atoms with van der Waals surface area (Å²) >= 11 is 0. The molecular weight excluding hydrogens is 236 g/mol. The van der Waals surface area contributed by atoms with E-state index in [4.69, 9.17) is 10.5 Å². The largest absolute Gasteiger partial charge is 0.496 e. The molecule has 1 rings (SSSR count). The van der Waals surface area contributed by atoms with E-state index in [1.165, 1.54) is 22.3 Å². The number of nitrogens with two attached hydrogens (primary N) is 1. The summed E-state index contributed by atoms with van der Waals surface area (Å²) in [5, 5.41) is 0. The molecular formula is C16H28N2O. The Morgan fingerprint density at radius 1 is 1.26 bits per heavy atom. The van der Waals surface area contributed by atoms with Gasteiger partial charge in [-0.15, -0.1) is 0 Å².